The molecular weight excluding hydrogens is 244 g/mol. The Balaban J connectivity index is 2.72. The molecule has 0 spiro atoms. The van der Waals surface area contributed by atoms with Crippen molar-refractivity contribution in [3.63, 3.8) is 0 Å². The zero-order valence-corrected chi connectivity index (χ0v) is 12.8. The van der Waals surface area contributed by atoms with Crippen LogP contribution in [0.25, 0.3) is 0 Å². The molecular formula is C14H26N2OS. The molecule has 1 aliphatic carbocycles. The minimum absolute atomic E-state index is 0.0107. The van der Waals surface area contributed by atoms with E-state index in [0.717, 1.165) is 6.42 Å². The number of amides is 1. The molecule has 1 saturated carbocycles. The minimum Gasteiger partial charge on any atom is -0.392 e. The van der Waals surface area contributed by atoms with Gasteiger partial charge in [-0.1, -0.05) is 45.8 Å². The highest BCUT2D eigenvalue weighted by molar-refractivity contribution is 7.80. The van der Waals surface area contributed by atoms with Crippen LogP contribution >= 0.6 is 12.2 Å². The van der Waals surface area contributed by atoms with Gasteiger partial charge in [0.05, 0.1) is 10.4 Å². The van der Waals surface area contributed by atoms with Crippen LogP contribution in [0.3, 0.4) is 0 Å². The first-order valence-corrected chi connectivity index (χ1v) is 7.34. The molecule has 1 rings (SSSR count). The van der Waals surface area contributed by atoms with Gasteiger partial charge in [-0.15, -0.1) is 0 Å². The van der Waals surface area contributed by atoms with E-state index in [2.05, 4.69) is 19.2 Å². The molecule has 0 aromatic heterocycles. The Morgan fingerprint density at radius 1 is 1.44 bits per heavy atom. The fraction of sp³-hybridized carbons (Fsp3) is 0.857. The van der Waals surface area contributed by atoms with Gasteiger partial charge in [0.25, 0.3) is 0 Å². The third-order valence-corrected chi connectivity index (χ3v) is 5.23. The Bertz CT molecular complexity index is 332. The van der Waals surface area contributed by atoms with Gasteiger partial charge in [-0.05, 0) is 31.6 Å². The van der Waals surface area contributed by atoms with Crippen LogP contribution in [0.4, 0.5) is 0 Å². The zero-order valence-electron chi connectivity index (χ0n) is 12.0. The van der Waals surface area contributed by atoms with Crippen molar-refractivity contribution in [1.82, 2.24) is 5.32 Å². The van der Waals surface area contributed by atoms with Gasteiger partial charge in [0.1, 0.15) is 0 Å². The molecule has 4 atom stereocenters. The van der Waals surface area contributed by atoms with Crippen molar-refractivity contribution in [3.05, 3.63) is 0 Å². The lowest BCUT2D eigenvalue weighted by molar-refractivity contribution is -0.128. The van der Waals surface area contributed by atoms with E-state index in [1.54, 1.807) is 0 Å². The summed E-state index contributed by atoms with van der Waals surface area (Å²) >= 11 is 5.04. The topological polar surface area (TPSA) is 55.1 Å². The highest BCUT2D eigenvalue weighted by Gasteiger charge is 2.37. The maximum absolute atomic E-state index is 12.4. The lowest BCUT2D eigenvalue weighted by Crippen LogP contribution is -2.52. The average molecular weight is 270 g/mol. The minimum atomic E-state index is -0.713. The fourth-order valence-corrected chi connectivity index (χ4v) is 2.80. The third-order valence-electron chi connectivity index (χ3n) is 4.78. The standard InChI is InChI=1S/C14H26N2OS/c1-5-14(4,12(15)18)13(17)16-11-8-6-7-9(2)10(11)3/h9-11H,5-8H2,1-4H3,(H2,15,18)(H,16,17). The fourth-order valence-electron chi connectivity index (χ4n) is 2.56. The predicted octanol–water partition coefficient (Wildman–Crippen LogP) is 2.63. The second-order valence-electron chi connectivity index (χ2n) is 5.90. The summed E-state index contributed by atoms with van der Waals surface area (Å²) in [5.74, 6) is 1.18. The number of nitrogens with two attached hydrogens (primary N) is 1. The molecule has 3 N–H and O–H groups in total. The second kappa shape index (κ2) is 6.00. The Hall–Kier alpha value is -0.640. The molecule has 1 fully saturated rings. The van der Waals surface area contributed by atoms with E-state index in [-0.39, 0.29) is 11.9 Å². The Labute approximate surface area is 116 Å². The molecule has 3 nitrogen and oxygen atoms in total. The molecule has 4 unspecified atom stereocenters. The second-order valence-corrected chi connectivity index (χ2v) is 6.34. The Morgan fingerprint density at radius 2 is 2.06 bits per heavy atom. The van der Waals surface area contributed by atoms with Gasteiger partial charge < -0.3 is 11.1 Å². The van der Waals surface area contributed by atoms with Crippen LogP contribution in [-0.2, 0) is 4.79 Å². The summed E-state index contributed by atoms with van der Waals surface area (Å²) in [5.41, 5.74) is 5.01. The van der Waals surface area contributed by atoms with Crippen LogP contribution in [-0.4, -0.2) is 16.9 Å². The summed E-state index contributed by atoms with van der Waals surface area (Å²) in [6, 6.07) is 0.265. The Morgan fingerprint density at radius 3 is 2.56 bits per heavy atom. The maximum Gasteiger partial charge on any atom is 0.232 e. The van der Waals surface area contributed by atoms with Crippen molar-refractivity contribution in [2.75, 3.05) is 0 Å². The van der Waals surface area contributed by atoms with Crippen molar-refractivity contribution >= 4 is 23.1 Å². The monoisotopic (exact) mass is 270 g/mol. The highest BCUT2D eigenvalue weighted by atomic mass is 32.1. The number of hydrogen-bond donors (Lipinski definition) is 2. The predicted molar refractivity (Wildman–Crippen MR) is 79.3 cm³/mol. The van der Waals surface area contributed by atoms with Gasteiger partial charge >= 0.3 is 0 Å². The van der Waals surface area contributed by atoms with Crippen LogP contribution in [0.1, 0.15) is 53.4 Å². The summed E-state index contributed by atoms with van der Waals surface area (Å²) in [4.78, 5) is 12.7. The van der Waals surface area contributed by atoms with Gasteiger partial charge in [0.2, 0.25) is 5.91 Å². The van der Waals surface area contributed by atoms with Crippen LogP contribution < -0.4 is 11.1 Å². The number of carbonyl (C=O) groups excluding carboxylic acids is 1. The lowest BCUT2D eigenvalue weighted by Gasteiger charge is -2.37. The largest absolute Gasteiger partial charge is 0.392 e. The Kier molecular flexibility index (Phi) is 5.14. The van der Waals surface area contributed by atoms with Gasteiger partial charge in [-0.25, -0.2) is 0 Å². The number of hydrogen-bond acceptors (Lipinski definition) is 2. The van der Waals surface area contributed by atoms with Crippen molar-refractivity contribution in [1.29, 1.82) is 0 Å². The van der Waals surface area contributed by atoms with Gasteiger partial charge in [-0.2, -0.15) is 0 Å². The summed E-state index contributed by atoms with van der Waals surface area (Å²) in [6.45, 7) is 8.27. The van der Waals surface area contributed by atoms with Crippen LogP contribution in [0.2, 0.25) is 0 Å². The molecule has 1 aliphatic rings. The van der Waals surface area contributed by atoms with Crippen LogP contribution in [0.5, 0.6) is 0 Å². The van der Waals surface area contributed by atoms with Crippen LogP contribution in [0, 0.1) is 17.3 Å². The van der Waals surface area contributed by atoms with Crippen molar-refractivity contribution in [3.8, 4) is 0 Å². The highest BCUT2D eigenvalue weighted by Crippen LogP contribution is 2.31. The van der Waals surface area contributed by atoms with E-state index in [1.165, 1.54) is 12.8 Å². The summed E-state index contributed by atoms with van der Waals surface area (Å²) < 4.78 is 0. The molecule has 104 valence electrons. The molecule has 4 heteroatoms. The normalized spacial score (nSPS) is 31.4. The SMILES string of the molecule is CCC(C)(C(=O)NC1CCCC(C)C1C)C(N)=S. The van der Waals surface area contributed by atoms with E-state index in [4.69, 9.17) is 18.0 Å². The summed E-state index contributed by atoms with van der Waals surface area (Å²) in [7, 11) is 0. The smallest absolute Gasteiger partial charge is 0.232 e. The number of nitrogens with one attached hydrogen (secondary N) is 1. The maximum atomic E-state index is 12.4. The van der Waals surface area contributed by atoms with Gasteiger partial charge in [0, 0.05) is 6.04 Å². The number of thiocarbonyl (C=S) groups is 1. The number of carbonyl (C=O) groups is 1. The van der Waals surface area contributed by atoms with Crippen molar-refractivity contribution < 1.29 is 4.79 Å². The zero-order chi connectivity index (χ0) is 13.9. The van der Waals surface area contributed by atoms with E-state index < -0.39 is 5.41 Å². The molecule has 0 radical (unpaired) electrons. The van der Waals surface area contributed by atoms with Gasteiger partial charge in [-0.3, -0.25) is 4.79 Å². The van der Waals surface area contributed by atoms with Crippen molar-refractivity contribution in [2.45, 2.75) is 59.4 Å². The summed E-state index contributed by atoms with van der Waals surface area (Å²) in [5, 5.41) is 3.17. The lowest BCUT2D eigenvalue weighted by atomic mass is 9.77. The third kappa shape index (κ3) is 3.02. The van der Waals surface area contributed by atoms with Crippen LogP contribution in [0.15, 0.2) is 0 Å². The molecule has 0 aliphatic heterocycles. The van der Waals surface area contributed by atoms with Crippen molar-refractivity contribution in [2.24, 2.45) is 23.0 Å². The van der Waals surface area contributed by atoms with Gasteiger partial charge in [0.15, 0.2) is 0 Å². The molecule has 0 saturated heterocycles. The number of rotatable bonds is 4. The first-order chi connectivity index (χ1) is 8.32. The molecule has 0 heterocycles. The quantitative estimate of drug-likeness (QED) is 0.772. The van der Waals surface area contributed by atoms with E-state index >= 15 is 0 Å². The molecule has 1 amide bonds. The first kappa shape index (κ1) is 15.4. The summed E-state index contributed by atoms with van der Waals surface area (Å²) in [6.07, 6.45) is 4.15. The molecule has 0 aromatic rings. The first-order valence-electron chi connectivity index (χ1n) is 6.93. The average Bonchev–Trinajstić information content (AvgIpc) is 2.33. The molecule has 18 heavy (non-hydrogen) atoms. The van der Waals surface area contributed by atoms with E-state index in [1.807, 2.05) is 13.8 Å². The van der Waals surface area contributed by atoms with E-state index in [0.29, 0.717) is 23.2 Å². The molecule has 0 aromatic carbocycles. The van der Waals surface area contributed by atoms with E-state index in [9.17, 15) is 4.79 Å². The molecule has 0 bridgehead atoms.